The highest BCUT2D eigenvalue weighted by Crippen LogP contribution is 2.24. The third-order valence-corrected chi connectivity index (χ3v) is 5.95. The molecule has 144 valence electrons. The lowest BCUT2D eigenvalue weighted by Gasteiger charge is -2.28. The molecule has 3 rings (SSSR count). The van der Waals surface area contributed by atoms with E-state index in [1.807, 2.05) is 24.3 Å². The molecule has 1 saturated heterocycles. The number of benzene rings is 2. The van der Waals surface area contributed by atoms with Crippen LogP contribution >= 0.6 is 0 Å². The van der Waals surface area contributed by atoms with Gasteiger partial charge < -0.3 is 10.2 Å². The zero-order valence-corrected chi connectivity index (χ0v) is 16.4. The van der Waals surface area contributed by atoms with Gasteiger partial charge in [-0.2, -0.15) is 0 Å². The molecule has 0 aliphatic carbocycles. The van der Waals surface area contributed by atoms with Crippen LogP contribution in [0.25, 0.3) is 0 Å². The van der Waals surface area contributed by atoms with E-state index in [9.17, 15) is 13.2 Å². The van der Waals surface area contributed by atoms with Crippen LogP contribution in [0.1, 0.15) is 19.8 Å². The van der Waals surface area contributed by atoms with Crippen molar-refractivity contribution in [3.63, 3.8) is 0 Å². The molecule has 1 aliphatic rings. The molecule has 1 heterocycles. The van der Waals surface area contributed by atoms with Crippen molar-refractivity contribution in [1.29, 1.82) is 0 Å². The van der Waals surface area contributed by atoms with Gasteiger partial charge in [-0.25, -0.2) is 8.42 Å². The molecule has 0 unspecified atom stereocenters. The molecule has 6 nitrogen and oxygen atoms in total. The summed E-state index contributed by atoms with van der Waals surface area (Å²) in [5.74, 6) is -0.377. The van der Waals surface area contributed by atoms with Crippen molar-refractivity contribution in [2.24, 2.45) is 0 Å². The number of sulfonamides is 1. The molecule has 0 radical (unpaired) electrons. The molecule has 2 aromatic carbocycles. The predicted octanol–water partition coefficient (Wildman–Crippen LogP) is 3.08. The second-order valence-electron chi connectivity index (χ2n) is 6.80. The van der Waals surface area contributed by atoms with E-state index in [2.05, 4.69) is 10.2 Å². The molecule has 1 N–H and O–H groups in total. The first-order valence-corrected chi connectivity index (χ1v) is 10.9. The zero-order chi connectivity index (χ0) is 19.4. The fourth-order valence-corrected chi connectivity index (χ4v) is 4.54. The predicted molar refractivity (Wildman–Crippen MR) is 110 cm³/mol. The number of rotatable bonds is 6. The lowest BCUT2D eigenvalue weighted by Crippen LogP contribution is -2.45. The van der Waals surface area contributed by atoms with Gasteiger partial charge >= 0.3 is 0 Å². The first-order valence-electron chi connectivity index (χ1n) is 9.06. The summed E-state index contributed by atoms with van der Waals surface area (Å²) in [6.45, 7) is 3.70. The number of anilines is 3. The summed E-state index contributed by atoms with van der Waals surface area (Å²) in [5, 5.41) is 2.82. The Hall–Kier alpha value is -2.54. The smallest absolute Gasteiger partial charge is 0.247 e. The summed E-state index contributed by atoms with van der Waals surface area (Å²) >= 11 is 0. The van der Waals surface area contributed by atoms with Crippen LogP contribution in [0.3, 0.4) is 0 Å². The number of amides is 1. The summed E-state index contributed by atoms with van der Waals surface area (Å²) in [4.78, 5) is 15.0. The van der Waals surface area contributed by atoms with Gasteiger partial charge in [-0.1, -0.05) is 18.2 Å². The van der Waals surface area contributed by atoms with Crippen LogP contribution < -0.4 is 14.5 Å². The number of carbonyl (C=O) groups excluding carboxylic acids is 1. The van der Waals surface area contributed by atoms with Crippen LogP contribution in [0.4, 0.5) is 17.1 Å². The topological polar surface area (TPSA) is 69.7 Å². The van der Waals surface area contributed by atoms with Crippen molar-refractivity contribution in [1.82, 2.24) is 0 Å². The van der Waals surface area contributed by atoms with E-state index in [1.54, 1.807) is 37.3 Å². The van der Waals surface area contributed by atoms with Crippen molar-refractivity contribution < 1.29 is 13.2 Å². The second kappa shape index (κ2) is 8.00. The minimum atomic E-state index is -3.61. The Labute approximate surface area is 160 Å². The number of carbonyl (C=O) groups is 1. The highest BCUT2D eigenvalue weighted by Gasteiger charge is 2.29. The Morgan fingerprint density at radius 1 is 1.04 bits per heavy atom. The maximum absolute atomic E-state index is 12.7. The molecule has 0 bridgehead atoms. The molecule has 1 fully saturated rings. The number of hydrogen-bond acceptors (Lipinski definition) is 4. The molecule has 0 aromatic heterocycles. The average Bonchev–Trinajstić information content (AvgIpc) is 3.17. The Balaban J connectivity index is 1.73. The molecule has 0 spiro atoms. The van der Waals surface area contributed by atoms with Crippen molar-refractivity contribution in [2.75, 3.05) is 33.9 Å². The number of hydrogen-bond donors (Lipinski definition) is 1. The molecular formula is C20H25N3O3S. The van der Waals surface area contributed by atoms with Gasteiger partial charge in [-0.05, 0) is 56.2 Å². The first kappa shape index (κ1) is 19.2. The van der Waals surface area contributed by atoms with Crippen LogP contribution in [-0.4, -0.2) is 39.7 Å². The summed E-state index contributed by atoms with van der Waals surface area (Å²) in [5.41, 5.74) is 2.25. The van der Waals surface area contributed by atoms with Crippen LogP contribution in [0.5, 0.6) is 0 Å². The molecular weight excluding hydrogens is 362 g/mol. The Bertz CT molecular complexity index is 876. The summed E-state index contributed by atoms with van der Waals surface area (Å²) in [7, 11) is -3.61. The third kappa shape index (κ3) is 4.60. The number of para-hydroxylation sites is 1. The summed E-state index contributed by atoms with van der Waals surface area (Å²) in [6, 6.07) is 15.4. The van der Waals surface area contributed by atoms with Crippen molar-refractivity contribution in [2.45, 2.75) is 25.8 Å². The van der Waals surface area contributed by atoms with Gasteiger partial charge in [-0.15, -0.1) is 0 Å². The fraction of sp³-hybridized carbons (Fsp3) is 0.350. The van der Waals surface area contributed by atoms with Gasteiger partial charge in [0.25, 0.3) is 0 Å². The van der Waals surface area contributed by atoms with Gasteiger partial charge in [0, 0.05) is 24.5 Å². The van der Waals surface area contributed by atoms with Gasteiger partial charge in [0.15, 0.2) is 0 Å². The molecule has 27 heavy (non-hydrogen) atoms. The van der Waals surface area contributed by atoms with Crippen molar-refractivity contribution >= 4 is 33.0 Å². The van der Waals surface area contributed by atoms with Gasteiger partial charge in [0.2, 0.25) is 15.9 Å². The van der Waals surface area contributed by atoms with E-state index >= 15 is 0 Å². The highest BCUT2D eigenvalue weighted by molar-refractivity contribution is 7.92. The summed E-state index contributed by atoms with van der Waals surface area (Å²) < 4.78 is 25.7. The molecule has 1 aliphatic heterocycles. The van der Waals surface area contributed by atoms with E-state index < -0.39 is 16.1 Å². The normalized spacial score (nSPS) is 15.4. The van der Waals surface area contributed by atoms with Crippen LogP contribution in [0.2, 0.25) is 0 Å². The monoisotopic (exact) mass is 387 g/mol. The van der Waals surface area contributed by atoms with Gasteiger partial charge in [-0.3, -0.25) is 9.10 Å². The second-order valence-corrected chi connectivity index (χ2v) is 8.66. The SMILES string of the molecule is C[C@H](C(=O)Nc1ccc(N2CCCC2)cc1)N(c1ccccc1)S(C)(=O)=O. The molecule has 2 aromatic rings. The lowest BCUT2D eigenvalue weighted by atomic mass is 10.2. The first-order chi connectivity index (χ1) is 12.9. The van der Waals surface area contributed by atoms with E-state index in [1.165, 1.54) is 12.8 Å². The zero-order valence-electron chi connectivity index (χ0n) is 15.6. The standard InChI is InChI=1S/C20H25N3O3S/c1-16(23(27(2,25)26)19-8-4-3-5-9-19)20(24)21-17-10-12-18(13-11-17)22-14-6-7-15-22/h3-5,8-13,16H,6-7,14-15H2,1-2H3,(H,21,24)/t16-/m1/s1. The molecule has 7 heteroatoms. The van der Waals surface area contributed by atoms with Crippen LogP contribution in [0.15, 0.2) is 54.6 Å². The van der Waals surface area contributed by atoms with E-state index in [-0.39, 0.29) is 5.91 Å². The summed E-state index contributed by atoms with van der Waals surface area (Å²) in [6.07, 6.45) is 3.52. The van der Waals surface area contributed by atoms with E-state index in [0.29, 0.717) is 11.4 Å². The molecule has 0 saturated carbocycles. The quantitative estimate of drug-likeness (QED) is 0.827. The molecule has 1 amide bonds. The third-order valence-electron chi connectivity index (χ3n) is 4.71. The Morgan fingerprint density at radius 2 is 1.63 bits per heavy atom. The number of nitrogens with one attached hydrogen (secondary N) is 1. The number of nitrogens with zero attached hydrogens (tertiary/aromatic N) is 2. The van der Waals surface area contributed by atoms with Gasteiger partial charge in [0.1, 0.15) is 6.04 Å². The van der Waals surface area contributed by atoms with E-state index in [4.69, 9.17) is 0 Å². The van der Waals surface area contributed by atoms with E-state index in [0.717, 1.165) is 29.3 Å². The largest absolute Gasteiger partial charge is 0.372 e. The maximum atomic E-state index is 12.7. The average molecular weight is 388 g/mol. The Kier molecular flexibility index (Phi) is 5.70. The van der Waals surface area contributed by atoms with Crippen molar-refractivity contribution in [3.05, 3.63) is 54.6 Å². The fourth-order valence-electron chi connectivity index (χ4n) is 3.36. The minimum absolute atomic E-state index is 0.377. The van der Waals surface area contributed by atoms with Crippen molar-refractivity contribution in [3.8, 4) is 0 Å². The van der Waals surface area contributed by atoms with Crippen LogP contribution in [0, 0.1) is 0 Å². The lowest BCUT2D eigenvalue weighted by molar-refractivity contribution is -0.116. The highest BCUT2D eigenvalue weighted by atomic mass is 32.2. The molecule has 1 atom stereocenters. The van der Waals surface area contributed by atoms with Crippen LogP contribution in [-0.2, 0) is 14.8 Å². The maximum Gasteiger partial charge on any atom is 0.247 e. The minimum Gasteiger partial charge on any atom is -0.372 e. The Morgan fingerprint density at radius 3 is 2.19 bits per heavy atom. The van der Waals surface area contributed by atoms with Gasteiger partial charge in [0.05, 0.1) is 11.9 Å².